The molecule has 10 nitrogen and oxygen atoms in total. The predicted octanol–water partition coefficient (Wildman–Crippen LogP) is 5.47. The van der Waals surface area contributed by atoms with Crippen LogP contribution < -0.4 is 16.4 Å². The smallest absolute Gasteiger partial charge is 0.383 e. The molecule has 3 aromatic heterocycles. The Morgan fingerprint density at radius 2 is 1.80 bits per heavy atom. The van der Waals surface area contributed by atoms with Crippen molar-refractivity contribution in [2.24, 2.45) is 0 Å². The van der Waals surface area contributed by atoms with Crippen molar-refractivity contribution in [2.75, 3.05) is 31.2 Å². The number of alkyl halides is 3. The Balaban J connectivity index is 1.12. The standard InChI is InChI=1S/C32H36F3N9O/c1-43(24-12-13-24)17-3-2-15-37-23-8-10-25(11-9-23)44-30-27(29(36)39-19-40-30)28(42-44)20-4-6-21(7-5-20)31(45)41-26-18-22(14-16-38-26)32(33,34)35/h2-7,14,16,18-19,23-25,37H,8-13,15,17H2,1H3,(H2,36,39,40)(H,38,41,45)/b3-2+. The number of nitrogens with one attached hydrogen (secondary N) is 2. The fourth-order valence-electron chi connectivity index (χ4n) is 5.84. The van der Waals surface area contributed by atoms with E-state index in [1.165, 1.54) is 19.2 Å². The van der Waals surface area contributed by atoms with Crippen LogP contribution >= 0.6 is 0 Å². The lowest BCUT2D eigenvalue weighted by Crippen LogP contribution is -2.34. The van der Waals surface area contributed by atoms with E-state index in [1.807, 2.05) is 4.68 Å². The molecule has 45 heavy (non-hydrogen) atoms. The summed E-state index contributed by atoms with van der Waals surface area (Å²) in [6.45, 7) is 1.85. The molecule has 0 radical (unpaired) electrons. The van der Waals surface area contributed by atoms with Crippen LogP contribution in [0.5, 0.6) is 0 Å². The van der Waals surface area contributed by atoms with Gasteiger partial charge >= 0.3 is 6.18 Å². The maximum atomic E-state index is 13.0. The molecule has 13 heteroatoms. The summed E-state index contributed by atoms with van der Waals surface area (Å²) in [6.07, 6.45) is 8.91. The van der Waals surface area contributed by atoms with Crippen LogP contribution in [0.25, 0.3) is 22.3 Å². The van der Waals surface area contributed by atoms with Crippen LogP contribution in [0.1, 0.15) is 60.5 Å². The first-order valence-corrected chi connectivity index (χ1v) is 15.2. The van der Waals surface area contributed by atoms with Gasteiger partial charge in [0.05, 0.1) is 17.0 Å². The topological polar surface area (TPSA) is 127 Å². The van der Waals surface area contributed by atoms with Gasteiger partial charge in [0.25, 0.3) is 5.91 Å². The predicted molar refractivity (Wildman–Crippen MR) is 166 cm³/mol. The summed E-state index contributed by atoms with van der Waals surface area (Å²) in [5.74, 6) is -0.460. The highest BCUT2D eigenvalue weighted by molar-refractivity contribution is 6.04. The Labute approximate surface area is 258 Å². The van der Waals surface area contributed by atoms with Crippen molar-refractivity contribution in [3.63, 3.8) is 0 Å². The number of anilines is 2. The molecule has 0 aliphatic heterocycles. The second-order valence-corrected chi connectivity index (χ2v) is 11.8. The molecule has 0 bridgehead atoms. The first-order valence-electron chi connectivity index (χ1n) is 15.2. The molecule has 1 aromatic carbocycles. The van der Waals surface area contributed by atoms with Gasteiger partial charge in [-0.15, -0.1) is 0 Å². The highest BCUT2D eigenvalue weighted by Crippen LogP contribution is 2.36. The molecule has 0 atom stereocenters. The van der Waals surface area contributed by atoms with Gasteiger partial charge in [0, 0.05) is 42.5 Å². The molecule has 2 aliphatic carbocycles. The first kappa shape index (κ1) is 30.7. The van der Waals surface area contributed by atoms with E-state index in [0.717, 1.165) is 63.1 Å². The third-order valence-corrected chi connectivity index (χ3v) is 8.56. The summed E-state index contributed by atoms with van der Waals surface area (Å²) < 4.78 is 41.1. The molecule has 4 aromatic rings. The van der Waals surface area contributed by atoms with Crippen molar-refractivity contribution in [3.8, 4) is 11.3 Å². The number of amides is 1. The number of carbonyl (C=O) groups excluding carboxylic acids is 1. The van der Waals surface area contributed by atoms with E-state index in [0.29, 0.717) is 34.2 Å². The molecule has 3 heterocycles. The van der Waals surface area contributed by atoms with Gasteiger partial charge < -0.3 is 16.4 Å². The van der Waals surface area contributed by atoms with E-state index < -0.39 is 17.6 Å². The number of benzene rings is 1. The minimum absolute atomic E-state index is 0.154. The minimum Gasteiger partial charge on any atom is -0.383 e. The van der Waals surface area contributed by atoms with E-state index >= 15 is 0 Å². The number of rotatable bonds is 10. The van der Waals surface area contributed by atoms with Crippen molar-refractivity contribution in [2.45, 2.75) is 62.8 Å². The first-order chi connectivity index (χ1) is 21.7. The van der Waals surface area contributed by atoms with Crippen LogP contribution in [0.3, 0.4) is 0 Å². The molecule has 2 saturated carbocycles. The largest absolute Gasteiger partial charge is 0.416 e. The van der Waals surface area contributed by atoms with Gasteiger partial charge in [0.2, 0.25) is 0 Å². The molecular formula is C32H36F3N9O. The number of hydrogen-bond acceptors (Lipinski definition) is 8. The molecule has 0 spiro atoms. The number of nitrogen functional groups attached to an aromatic ring is 1. The lowest BCUT2D eigenvalue weighted by atomic mass is 9.91. The van der Waals surface area contributed by atoms with Crippen LogP contribution in [0.4, 0.5) is 24.8 Å². The van der Waals surface area contributed by atoms with Crippen LogP contribution in [-0.2, 0) is 6.18 Å². The van der Waals surface area contributed by atoms with E-state index in [2.05, 4.69) is 49.7 Å². The number of carbonyl (C=O) groups is 1. The number of fused-ring (bicyclic) bond motifs is 1. The highest BCUT2D eigenvalue weighted by atomic mass is 19.4. The van der Waals surface area contributed by atoms with E-state index in [4.69, 9.17) is 10.8 Å². The van der Waals surface area contributed by atoms with Gasteiger partial charge in [0.15, 0.2) is 5.65 Å². The summed E-state index contributed by atoms with van der Waals surface area (Å²) in [5, 5.41) is 11.7. The van der Waals surface area contributed by atoms with Gasteiger partial charge in [-0.2, -0.15) is 18.3 Å². The Morgan fingerprint density at radius 3 is 2.51 bits per heavy atom. The molecule has 236 valence electrons. The number of hydrogen-bond donors (Lipinski definition) is 3. The van der Waals surface area contributed by atoms with Gasteiger partial charge in [-0.05, 0) is 69.8 Å². The number of aromatic nitrogens is 5. The summed E-state index contributed by atoms with van der Waals surface area (Å²) in [7, 11) is 2.18. The minimum atomic E-state index is -4.54. The lowest BCUT2D eigenvalue weighted by Gasteiger charge is -2.29. The third kappa shape index (κ3) is 7.15. The molecule has 1 amide bonds. The lowest BCUT2D eigenvalue weighted by molar-refractivity contribution is -0.137. The number of nitrogens with zero attached hydrogens (tertiary/aromatic N) is 6. The molecule has 4 N–H and O–H groups in total. The van der Waals surface area contributed by atoms with Crippen molar-refractivity contribution in [1.29, 1.82) is 0 Å². The van der Waals surface area contributed by atoms with Gasteiger partial charge in [0.1, 0.15) is 23.7 Å². The fraction of sp³-hybridized carbons (Fsp3) is 0.406. The number of pyridine rings is 1. The van der Waals surface area contributed by atoms with Crippen LogP contribution in [-0.4, -0.2) is 67.8 Å². The Morgan fingerprint density at radius 1 is 1.04 bits per heavy atom. The summed E-state index contributed by atoms with van der Waals surface area (Å²) in [6, 6.07) is 9.62. The quantitative estimate of drug-likeness (QED) is 0.200. The van der Waals surface area contributed by atoms with Gasteiger partial charge in [-0.25, -0.2) is 19.6 Å². The average molecular weight is 620 g/mol. The molecule has 0 unspecified atom stereocenters. The number of halogens is 3. The fourth-order valence-corrected chi connectivity index (χ4v) is 5.84. The maximum Gasteiger partial charge on any atom is 0.416 e. The molecule has 2 aliphatic rings. The average Bonchev–Trinajstić information content (AvgIpc) is 3.81. The van der Waals surface area contributed by atoms with E-state index in [9.17, 15) is 18.0 Å². The zero-order valence-electron chi connectivity index (χ0n) is 25.0. The number of likely N-dealkylation sites (N-methyl/N-ethyl adjacent to an activating group) is 1. The SMILES string of the molecule is CN(C/C=C/CNC1CCC(n2nc(-c3ccc(C(=O)Nc4cc(C(F)(F)F)ccn4)cc3)c3c(N)ncnc32)CC1)C1CC1. The molecule has 0 saturated heterocycles. The second-order valence-electron chi connectivity index (χ2n) is 11.8. The Bertz CT molecular complexity index is 1670. The normalized spacial score (nSPS) is 19.0. The van der Waals surface area contributed by atoms with Crippen LogP contribution in [0.2, 0.25) is 0 Å². The van der Waals surface area contributed by atoms with Crippen molar-refractivity contribution in [3.05, 3.63) is 72.2 Å². The van der Waals surface area contributed by atoms with Crippen molar-refractivity contribution < 1.29 is 18.0 Å². The third-order valence-electron chi connectivity index (χ3n) is 8.56. The zero-order valence-corrected chi connectivity index (χ0v) is 25.0. The maximum absolute atomic E-state index is 13.0. The monoisotopic (exact) mass is 619 g/mol. The van der Waals surface area contributed by atoms with E-state index in [-0.39, 0.29) is 17.4 Å². The van der Waals surface area contributed by atoms with Gasteiger partial charge in [-0.3, -0.25) is 9.69 Å². The van der Waals surface area contributed by atoms with Crippen molar-refractivity contribution >= 4 is 28.6 Å². The Kier molecular flexibility index (Phi) is 8.81. The van der Waals surface area contributed by atoms with Crippen molar-refractivity contribution in [1.82, 2.24) is 34.9 Å². The highest BCUT2D eigenvalue weighted by Gasteiger charge is 2.31. The molecule has 2 fully saturated rings. The summed E-state index contributed by atoms with van der Waals surface area (Å²) in [5.41, 5.74) is 7.65. The van der Waals surface area contributed by atoms with E-state index in [1.54, 1.807) is 24.3 Å². The molecular weight excluding hydrogens is 583 g/mol. The van der Waals surface area contributed by atoms with Gasteiger partial charge in [-0.1, -0.05) is 24.3 Å². The Hall–Kier alpha value is -4.36. The summed E-state index contributed by atoms with van der Waals surface area (Å²) >= 11 is 0. The van der Waals surface area contributed by atoms with Crippen LogP contribution in [0, 0.1) is 0 Å². The zero-order chi connectivity index (χ0) is 31.6. The molecule has 6 rings (SSSR count). The summed E-state index contributed by atoms with van der Waals surface area (Å²) in [4.78, 5) is 27.7. The number of nitrogens with two attached hydrogens (primary N) is 1. The second kappa shape index (κ2) is 12.9. The van der Waals surface area contributed by atoms with Crippen LogP contribution in [0.15, 0.2) is 61.1 Å².